The van der Waals surface area contributed by atoms with E-state index in [1.807, 2.05) is 0 Å². The van der Waals surface area contributed by atoms with Gasteiger partial charge in [-0.25, -0.2) is 9.59 Å². The molecule has 14 heavy (non-hydrogen) atoms. The van der Waals surface area contributed by atoms with E-state index in [0.717, 1.165) is 0 Å². The second kappa shape index (κ2) is 3.95. The molecule has 1 fully saturated rings. The van der Waals surface area contributed by atoms with Crippen molar-refractivity contribution in [2.24, 2.45) is 0 Å². The summed E-state index contributed by atoms with van der Waals surface area (Å²) in [5.41, 5.74) is 0. The number of allylic oxidation sites excluding steroid dienone is 2. The van der Waals surface area contributed by atoms with E-state index >= 15 is 0 Å². The van der Waals surface area contributed by atoms with Crippen molar-refractivity contribution in [1.29, 1.82) is 0 Å². The lowest BCUT2D eigenvalue weighted by Gasteiger charge is -2.04. The summed E-state index contributed by atoms with van der Waals surface area (Å²) in [6.45, 7) is 2.81. The van der Waals surface area contributed by atoms with E-state index in [4.69, 9.17) is 4.65 Å². The molecular weight excluding hydrogens is 191 g/mol. The van der Waals surface area contributed by atoms with Crippen molar-refractivity contribution in [3.8, 4) is 0 Å². The van der Waals surface area contributed by atoms with E-state index < -0.39 is 19.3 Å². The molecule has 6 nitrogen and oxygen atoms in total. The summed E-state index contributed by atoms with van der Waals surface area (Å²) < 4.78 is 13.5. The average molecular weight is 198 g/mol. The Labute approximate surface area is 80.0 Å². The van der Waals surface area contributed by atoms with E-state index in [1.165, 1.54) is 19.9 Å². The van der Waals surface area contributed by atoms with Crippen molar-refractivity contribution in [3.63, 3.8) is 0 Å². The fourth-order valence-corrected chi connectivity index (χ4v) is 0.815. The summed E-state index contributed by atoms with van der Waals surface area (Å²) in [6, 6.07) is 0. The molecule has 0 aliphatic carbocycles. The third-order valence-corrected chi connectivity index (χ3v) is 1.26. The molecule has 1 rings (SSSR count). The lowest BCUT2D eigenvalue weighted by molar-refractivity contribution is -0.150. The molecule has 74 valence electrons. The highest BCUT2D eigenvalue weighted by Crippen LogP contribution is 2.08. The van der Waals surface area contributed by atoms with Gasteiger partial charge in [-0.2, -0.15) is 0 Å². The summed E-state index contributed by atoms with van der Waals surface area (Å²) in [4.78, 5) is 31.6. The summed E-state index contributed by atoms with van der Waals surface area (Å²) >= 11 is 0. The Kier molecular flexibility index (Phi) is 2.90. The van der Waals surface area contributed by atoms with Gasteiger partial charge >= 0.3 is 19.3 Å². The predicted octanol–water partition coefficient (Wildman–Crippen LogP) is -0.419. The van der Waals surface area contributed by atoms with Crippen LogP contribution in [0.5, 0.6) is 0 Å². The van der Waals surface area contributed by atoms with E-state index in [-0.39, 0.29) is 11.5 Å². The van der Waals surface area contributed by atoms with Crippen LogP contribution < -0.4 is 0 Å². The van der Waals surface area contributed by atoms with Crippen LogP contribution in [0.25, 0.3) is 0 Å². The lowest BCUT2D eigenvalue weighted by atomic mass is 10.2. The second-order valence-electron chi connectivity index (χ2n) is 2.58. The Morgan fingerprint density at radius 3 is 2.21 bits per heavy atom. The maximum absolute atomic E-state index is 10.6. The number of ketones is 1. The molecular formula is C7H7BO6. The number of hydrogen-bond donors (Lipinski definition) is 0. The van der Waals surface area contributed by atoms with Crippen molar-refractivity contribution in [1.82, 2.24) is 0 Å². The van der Waals surface area contributed by atoms with Crippen LogP contribution in [0, 0.1) is 0 Å². The van der Waals surface area contributed by atoms with Crippen LogP contribution in [0.3, 0.4) is 0 Å². The van der Waals surface area contributed by atoms with Crippen LogP contribution in [-0.4, -0.2) is 25.0 Å². The van der Waals surface area contributed by atoms with Crippen molar-refractivity contribution >= 4 is 25.0 Å². The Morgan fingerprint density at radius 2 is 1.79 bits per heavy atom. The van der Waals surface area contributed by atoms with Gasteiger partial charge in [0.05, 0.1) is 5.76 Å². The normalized spacial score (nSPS) is 16.4. The fourth-order valence-electron chi connectivity index (χ4n) is 0.815. The summed E-state index contributed by atoms with van der Waals surface area (Å²) in [5, 5.41) is 0. The minimum absolute atomic E-state index is 0.199. The topological polar surface area (TPSA) is 78.9 Å². The smallest absolute Gasteiger partial charge is 0.494 e. The molecule has 1 heterocycles. The number of hydrogen-bond acceptors (Lipinski definition) is 6. The maximum Gasteiger partial charge on any atom is 0.868 e. The third kappa shape index (κ3) is 2.61. The quantitative estimate of drug-likeness (QED) is 0.265. The number of rotatable bonds is 3. The van der Waals surface area contributed by atoms with Gasteiger partial charge in [0.2, 0.25) is 0 Å². The third-order valence-electron chi connectivity index (χ3n) is 1.26. The Balaban J connectivity index is 2.51. The molecule has 1 aliphatic rings. The van der Waals surface area contributed by atoms with Gasteiger partial charge in [0.15, 0.2) is 5.78 Å². The van der Waals surface area contributed by atoms with Crippen LogP contribution >= 0.6 is 0 Å². The molecule has 7 heteroatoms. The van der Waals surface area contributed by atoms with Crippen LogP contribution in [0.15, 0.2) is 11.8 Å². The van der Waals surface area contributed by atoms with Crippen LogP contribution in [0.2, 0.25) is 0 Å². The van der Waals surface area contributed by atoms with E-state index in [0.29, 0.717) is 0 Å². The van der Waals surface area contributed by atoms with Gasteiger partial charge in [0.1, 0.15) is 0 Å². The van der Waals surface area contributed by atoms with Crippen LogP contribution in [0.1, 0.15) is 13.8 Å². The summed E-state index contributed by atoms with van der Waals surface area (Å²) in [5.74, 6) is -2.24. The van der Waals surface area contributed by atoms with Crippen molar-refractivity contribution in [2.45, 2.75) is 13.8 Å². The summed E-state index contributed by atoms with van der Waals surface area (Å²) in [7, 11) is -1.38. The van der Waals surface area contributed by atoms with Crippen LogP contribution in [0.4, 0.5) is 0 Å². The van der Waals surface area contributed by atoms with Gasteiger partial charge in [0, 0.05) is 6.08 Å². The Hall–Kier alpha value is -1.79. The highest BCUT2D eigenvalue weighted by molar-refractivity contribution is 6.55. The molecule has 0 N–H and O–H groups in total. The minimum atomic E-state index is -1.38. The molecule has 1 saturated heterocycles. The molecule has 0 spiro atoms. The predicted molar refractivity (Wildman–Crippen MR) is 43.5 cm³/mol. The number of carbonyl (C=O) groups excluding carboxylic acids is 3. The number of carbonyl (C=O) groups is 3. The highest BCUT2D eigenvalue weighted by Gasteiger charge is 2.45. The molecule has 0 amide bonds. The lowest BCUT2D eigenvalue weighted by Crippen LogP contribution is -2.19. The molecule has 0 radical (unpaired) electrons. The van der Waals surface area contributed by atoms with Crippen molar-refractivity contribution in [2.75, 3.05) is 0 Å². The maximum atomic E-state index is 10.6. The first-order valence-corrected chi connectivity index (χ1v) is 3.76. The first-order valence-electron chi connectivity index (χ1n) is 3.76. The zero-order valence-corrected chi connectivity index (χ0v) is 7.60. The SMILES string of the molecule is CC(=O)C=C(C)OB1OC(=O)C(=O)O1. The molecule has 0 atom stereocenters. The van der Waals surface area contributed by atoms with E-state index in [9.17, 15) is 14.4 Å². The largest absolute Gasteiger partial charge is 0.868 e. The molecule has 0 aromatic heterocycles. The molecule has 0 unspecified atom stereocenters. The molecule has 0 aromatic rings. The molecule has 0 saturated carbocycles. The summed E-state index contributed by atoms with van der Waals surface area (Å²) in [6.07, 6.45) is 1.18. The van der Waals surface area contributed by atoms with Crippen molar-refractivity contribution in [3.05, 3.63) is 11.8 Å². The monoisotopic (exact) mass is 198 g/mol. The van der Waals surface area contributed by atoms with Crippen LogP contribution in [-0.2, 0) is 28.3 Å². The van der Waals surface area contributed by atoms with Crippen molar-refractivity contribution < 1.29 is 28.3 Å². The first-order chi connectivity index (χ1) is 6.49. The van der Waals surface area contributed by atoms with E-state index in [1.54, 1.807) is 0 Å². The van der Waals surface area contributed by atoms with Gasteiger partial charge in [-0.3, -0.25) is 4.79 Å². The minimum Gasteiger partial charge on any atom is -0.494 e. The second-order valence-corrected chi connectivity index (χ2v) is 2.58. The fraction of sp³-hybridized carbons (Fsp3) is 0.286. The zero-order valence-electron chi connectivity index (χ0n) is 7.60. The molecule has 1 aliphatic heterocycles. The first kappa shape index (κ1) is 10.3. The van der Waals surface area contributed by atoms with Gasteiger partial charge in [-0.05, 0) is 13.8 Å². The Morgan fingerprint density at radius 1 is 1.29 bits per heavy atom. The zero-order chi connectivity index (χ0) is 10.7. The molecule has 0 aromatic carbocycles. The van der Waals surface area contributed by atoms with E-state index in [2.05, 4.69) is 9.31 Å². The standard InChI is InChI=1S/C7H7BO6/c1-4(9)3-5(2)12-8-13-6(10)7(11)14-8/h3H,1-2H3. The van der Waals surface area contributed by atoms with Gasteiger partial charge in [-0.1, -0.05) is 0 Å². The molecule has 0 bridgehead atoms. The Bertz CT molecular complexity index is 304. The highest BCUT2D eigenvalue weighted by atomic mass is 16.8. The van der Waals surface area contributed by atoms with Gasteiger partial charge < -0.3 is 14.0 Å². The average Bonchev–Trinajstić information content (AvgIpc) is 2.28. The van der Waals surface area contributed by atoms with Gasteiger partial charge in [0.25, 0.3) is 0 Å². The van der Waals surface area contributed by atoms with Gasteiger partial charge in [-0.15, -0.1) is 0 Å².